The van der Waals surface area contributed by atoms with E-state index in [0.29, 0.717) is 29.6 Å². The third kappa shape index (κ3) is 4.09. The molecular weight excluding hydrogens is 303 g/mol. The van der Waals surface area contributed by atoms with Gasteiger partial charge in [0.1, 0.15) is 4.88 Å². The van der Waals surface area contributed by atoms with E-state index in [2.05, 4.69) is 10.3 Å². The molecule has 1 aromatic heterocycles. The summed E-state index contributed by atoms with van der Waals surface area (Å²) in [6.45, 7) is 4.79. The maximum atomic E-state index is 12.6. The monoisotopic (exact) mass is 321 g/mol. The molecule has 118 valence electrons. The van der Waals surface area contributed by atoms with E-state index < -0.39 is 11.1 Å². The van der Waals surface area contributed by atoms with E-state index in [9.17, 15) is 18.0 Å². The van der Waals surface area contributed by atoms with Crippen molar-refractivity contribution in [2.75, 3.05) is 18.0 Å². The van der Waals surface area contributed by atoms with E-state index in [4.69, 9.17) is 0 Å². The van der Waals surface area contributed by atoms with Crippen molar-refractivity contribution in [2.45, 2.75) is 38.9 Å². The Morgan fingerprint density at radius 3 is 2.81 bits per heavy atom. The van der Waals surface area contributed by atoms with E-state index in [1.807, 2.05) is 18.7 Å². The minimum atomic E-state index is -4.35. The van der Waals surface area contributed by atoms with Gasteiger partial charge in [-0.1, -0.05) is 25.2 Å². The van der Waals surface area contributed by atoms with Crippen LogP contribution in [0.1, 0.15) is 31.6 Å². The van der Waals surface area contributed by atoms with E-state index in [-0.39, 0.29) is 17.9 Å². The summed E-state index contributed by atoms with van der Waals surface area (Å²) in [5.41, 5.74) is 0. The minimum Gasteiger partial charge on any atom is -0.351 e. The average Bonchev–Trinajstić information content (AvgIpc) is 2.88. The number of aromatic nitrogens is 1. The molecule has 0 saturated carbocycles. The van der Waals surface area contributed by atoms with Gasteiger partial charge < -0.3 is 10.2 Å². The number of nitrogens with one attached hydrogen (secondary N) is 1. The Hall–Kier alpha value is -1.31. The molecule has 1 unspecified atom stereocenters. The summed E-state index contributed by atoms with van der Waals surface area (Å²) in [5, 5.41) is 3.30. The number of hydrogen-bond donors (Lipinski definition) is 1. The SMILES string of the molecule is CC(C)C(=O)NC1CCCN(c2ncc(C(F)(F)F)s2)C1. The summed E-state index contributed by atoms with van der Waals surface area (Å²) in [6, 6.07) is -0.0353. The van der Waals surface area contributed by atoms with Crippen LogP contribution in [0, 0.1) is 5.92 Å². The first-order valence-corrected chi connectivity index (χ1v) is 7.67. The number of halogens is 3. The fraction of sp³-hybridized carbons (Fsp3) is 0.692. The molecule has 1 fully saturated rings. The van der Waals surface area contributed by atoms with Crippen LogP contribution in [0.5, 0.6) is 0 Å². The molecule has 0 aliphatic carbocycles. The predicted molar refractivity (Wildman–Crippen MR) is 75.3 cm³/mol. The van der Waals surface area contributed by atoms with Gasteiger partial charge in [-0.3, -0.25) is 4.79 Å². The zero-order valence-electron chi connectivity index (χ0n) is 11.9. The zero-order valence-corrected chi connectivity index (χ0v) is 12.7. The van der Waals surface area contributed by atoms with Gasteiger partial charge in [0.05, 0.1) is 6.20 Å². The first-order chi connectivity index (χ1) is 9.77. The molecule has 1 aliphatic rings. The lowest BCUT2D eigenvalue weighted by Crippen LogP contribution is -2.48. The highest BCUT2D eigenvalue weighted by Crippen LogP contribution is 2.36. The number of carbonyl (C=O) groups excluding carboxylic acids is 1. The van der Waals surface area contributed by atoms with Crippen LogP contribution in [-0.4, -0.2) is 30.0 Å². The fourth-order valence-electron chi connectivity index (χ4n) is 2.18. The molecule has 21 heavy (non-hydrogen) atoms. The molecule has 0 aromatic carbocycles. The molecule has 1 aromatic rings. The van der Waals surface area contributed by atoms with Crippen LogP contribution in [0.2, 0.25) is 0 Å². The number of piperidine rings is 1. The van der Waals surface area contributed by atoms with Crippen molar-refractivity contribution >= 4 is 22.4 Å². The number of alkyl halides is 3. The minimum absolute atomic E-state index is 0.0306. The largest absolute Gasteiger partial charge is 0.427 e. The number of amides is 1. The summed E-state index contributed by atoms with van der Waals surface area (Å²) in [6.07, 6.45) is -1.82. The Bertz CT molecular complexity index is 501. The number of rotatable bonds is 3. The molecule has 0 bridgehead atoms. The Kier molecular flexibility index (Phi) is 4.75. The molecular formula is C13H18F3N3OS. The van der Waals surface area contributed by atoms with Gasteiger partial charge in [0, 0.05) is 25.0 Å². The standard InChI is InChI=1S/C13H18F3N3OS/c1-8(2)11(20)18-9-4-3-5-19(7-9)12-17-6-10(21-12)13(14,15)16/h6,8-9H,3-5,7H2,1-2H3,(H,18,20). The first-order valence-electron chi connectivity index (χ1n) is 6.85. The van der Waals surface area contributed by atoms with Crippen molar-refractivity contribution in [3.8, 4) is 0 Å². The van der Waals surface area contributed by atoms with Gasteiger partial charge in [-0.05, 0) is 12.8 Å². The van der Waals surface area contributed by atoms with Crippen LogP contribution in [0.4, 0.5) is 18.3 Å². The van der Waals surface area contributed by atoms with Gasteiger partial charge >= 0.3 is 6.18 Å². The van der Waals surface area contributed by atoms with Crippen molar-refractivity contribution in [2.24, 2.45) is 5.92 Å². The van der Waals surface area contributed by atoms with Crippen LogP contribution in [0.3, 0.4) is 0 Å². The number of thiazole rings is 1. The topological polar surface area (TPSA) is 45.2 Å². The lowest BCUT2D eigenvalue weighted by atomic mass is 10.1. The maximum Gasteiger partial charge on any atom is 0.427 e. The molecule has 4 nitrogen and oxygen atoms in total. The maximum absolute atomic E-state index is 12.6. The van der Waals surface area contributed by atoms with E-state index in [1.54, 1.807) is 0 Å². The Labute approximate surface area is 125 Å². The third-order valence-corrected chi connectivity index (χ3v) is 4.44. The fourth-order valence-corrected chi connectivity index (χ4v) is 3.00. The van der Waals surface area contributed by atoms with Crippen molar-refractivity contribution in [3.63, 3.8) is 0 Å². The summed E-state index contributed by atoms with van der Waals surface area (Å²) in [5.74, 6) is -0.131. The second-order valence-electron chi connectivity index (χ2n) is 5.45. The lowest BCUT2D eigenvalue weighted by molar-refractivity contribution is -0.134. The molecule has 2 heterocycles. The highest BCUT2D eigenvalue weighted by atomic mass is 32.1. The molecule has 1 saturated heterocycles. The van der Waals surface area contributed by atoms with E-state index >= 15 is 0 Å². The Morgan fingerprint density at radius 2 is 2.24 bits per heavy atom. The van der Waals surface area contributed by atoms with Crippen LogP contribution in [0.25, 0.3) is 0 Å². The van der Waals surface area contributed by atoms with E-state index in [0.717, 1.165) is 19.0 Å². The molecule has 1 N–H and O–H groups in total. The van der Waals surface area contributed by atoms with Crippen molar-refractivity contribution in [3.05, 3.63) is 11.1 Å². The molecule has 8 heteroatoms. The highest BCUT2D eigenvalue weighted by molar-refractivity contribution is 7.15. The Balaban J connectivity index is 2.01. The first kappa shape index (κ1) is 16.1. The molecule has 2 rings (SSSR count). The second-order valence-corrected chi connectivity index (χ2v) is 6.46. The summed E-state index contributed by atoms with van der Waals surface area (Å²) in [4.78, 5) is 16.7. The number of anilines is 1. The number of hydrogen-bond acceptors (Lipinski definition) is 4. The molecule has 1 amide bonds. The summed E-state index contributed by atoms with van der Waals surface area (Å²) in [7, 11) is 0. The van der Waals surface area contributed by atoms with Gasteiger partial charge in [0.15, 0.2) is 5.13 Å². The second kappa shape index (κ2) is 6.21. The number of nitrogens with zero attached hydrogens (tertiary/aromatic N) is 2. The van der Waals surface area contributed by atoms with Crippen molar-refractivity contribution < 1.29 is 18.0 Å². The lowest BCUT2D eigenvalue weighted by Gasteiger charge is -2.33. The van der Waals surface area contributed by atoms with Crippen molar-refractivity contribution in [1.29, 1.82) is 0 Å². The average molecular weight is 321 g/mol. The summed E-state index contributed by atoms with van der Waals surface area (Å²) < 4.78 is 37.8. The van der Waals surface area contributed by atoms with Crippen molar-refractivity contribution in [1.82, 2.24) is 10.3 Å². The van der Waals surface area contributed by atoms with Crippen LogP contribution in [0.15, 0.2) is 6.20 Å². The highest BCUT2D eigenvalue weighted by Gasteiger charge is 2.34. The van der Waals surface area contributed by atoms with Gasteiger partial charge in [-0.2, -0.15) is 13.2 Å². The van der Waals surface area contributed by atoms with Crippen LogP contribution < -0.4 is 10.2 Å². The van der Waals surface area contributed by atoms with Gasteiger partial charge in [-0.15, -0.1) is 0 Å². The Morgan fingerprint density at radius 1 is 1.52 bits per heavy atom. The third-order valence-electron chi connectivity index (χ3n) is 3.34. The molecule has 0 spiro atoms. The zero-order chi connectivity index (χ0) is 15.6. The number of carbonyl (C=O) groups is 1. The normalized spacial score (nSPS) is 19.9. The molecule has 1 aliphatic heterocycles. The van der Waals surface area contributed by atoms with Crippen LogP contribution >= 0.6 is 11.3 Å². The molecule has 0 radical (unpaired) electrons. The van der Waals surface area contributed by atoms with E-state index in [1.165, 1.54) is 0 Å². The quantitative estimate of drug-likeness (QED) is 0.931. The van der Waals surface area contributed by atoms with Gasteiger partial charge in [0.25, 0.3) is 0 Å². The van der Waals surface area contributed by atoms with Gasteiger partial charge in [0.2, 0.25) is 5.91 Å². The molecule has 1 atom stereocenters. The smallest absolute Gasteiger partial charge is 0.351 e. The summed E-state index contributed by atoms with van der Waals surface area (Å²) >= 11 is 0.651. The predicted octanol–water partition coefficient (Wildman–Crippen LogP) is 2.90. The van der Waals surface area contributed by atoms with Gasteiger partial charge in [-0.25, -0.2) is 4.98 Å². The van der Waals surface area contributed by atoms with Crippen LogP contribution in [-0.2, 0) is 11.0 Å².